The molecular formula is C18H17N3O4S2. The van der Waals surface area contributed by atoms with Gasteiger partial charge in [0, 0.05) is 17.0 Å². The molecule has 27 heavy (non-hydrogen) atoms. The minimum Gasteiger partial charge on any atom is -0.459 e. The summed E-state index contributed by atoms with van der Waals surface area (Å²) in [4.78, 5) is 17.6. The lowest BCUT2D eigenvalue weighted by molar-refractivity contribution is 0.0996. The van der Waals surface area contributed by atoms with E-state index in [0.717, 1.165) is 27.4 Å². The van der Waals surface area contributed by atoms with E-state index in [2.05, 4.69) is 10.3 Å². The Morgan fingerprint density at radius 2 is 2.15 bits per heavy atom. The summed E-state index contributed by atoms with van der Waals surface area (Å²) in [6, 6.07) is 8.89. The lowest BCUT2D eigenvalue weighted by atomic mass is 10.1. The van der Waals surface area contributed by atoms with Crippen LogP contribution in [0.25, 0.3) is 11.3 Å². The number of fused-ring (bicyclic) bond motifs is 1. The molecule has 9 heteroatoms. The van der Waals surface area contributed by atoms with Gasteiger partial charge < -0.3 is 4.42 Å². The summed E-state index contributed by atoms with van der Waals surface area (Å²) >= 11 is 1.38. The topological polar surface area (TPSA) is 92.5 Å². The van der Waals surface area contributed by atoms with Crippen LogP contribution in [0.5, 0.6) is 0 Å². The van der Waals surface area contributed by atoms with Crippen molar-refractivity contribution in [1.82, 2.24) is 4.98 Å². The van der Waals surface area contributed by atoms with E-state index < -0.39 is 10.0 Å². The number of anilines is 2. The highest BCUT2D eigenvalue weighted by Gasteiger charge is 2.26. The number of nitrogens with zero attached hydrogens (tertiary/aromatic N) is 2. The second-order valence-electron chi connectivity index (χ2n) is 6.28. The van der Waals surface area contributed by atoms with Crippen LogP contribution in [-0.4, -0.2) is 32.1 Å². The van der Waals surface area contributed by atoms with E-state index in [1.807, 2.05) is 25.1 Å². The lowest BCUT2D eigenvalue weighted by Crippen LogP contribution is -2.27. The van der Waals surface area contributed by atoms with Gasteiger partial charge in [0.05, 0.1) is 23.9 Å². The van der Waals surface area contributed by atoms with Crippen molar-refractivity contribution in [3.05, 3.63) is 52.8 Å². The van der Waals surface area contributed by atoms with Gasteiger partial charge in [-0.05, 0) is 43.2 Å². The summed E-state index contributed by atoms with van der Waals surface area (Å²) in [5, 5.41) is 3.23. The van der Waals surface area contributed by atoms with Gasteiger partial charge in [-0.1, -0.05) is 6.07 Å². The Morgan fingerprint density at radius 1 is 1.33 bits per heavy atom. The third-order valence-electron chi connectivity index (χ3n) is 4.37. The molecule has 0 atom stereocenters. The van der Waals surface area contributed by atoms with Crippen LogP contribution in [0.1, 0.15) is 21.0 Å². The number of aryl methyl sites for hydroxylation is 1. The zero-order valence-corrected chi connectivity index (χ0v) is 16.4. The monoisotopic (exact) mass is 403 g/mol. The Morgan fingerprint density at radius 3 is 2.85 bits per heavy atom. The number of nitrogens with one attached hydrogen (secondary N) is 1. The lowest BCUT2D eigenvalue weighted by Gasteiger charge is -2.16. The highest BCUT2D eigenvalue weighted by Crippen LogP contribution is 2.36. The van der Waals surface area contributed by atoms with Gasteiger partial charge in [-0.2, -0.15) is 0 Å². The molecule has 1 aliphatic rings. The smallest absolute Gasteiger partial charge is 0.293 e. The standard InChI is InChI=1S/C18H17N3O4S2/c1-11-16(19-18(26-11)20-17(22)15-4-3-9-25-15)13-5-6-14-12(10-13)7-8-21(14)27(2,23)24/h3-6,9-10H,7-8H2,1-2H3,(H,19,20,22). The summed E-state index contributed by atoms with van der Waals surface area (Å²) in [5.41, 5.74) is 3.37. The first kappa shape index (κ1) is 17.7. The first-order valence-electron chi connectivity index (χ1n) is 8.26. The molecule has 1 N–H and O–H groups in total. The fourth-order valence-corrected chi connectivity index (χ4v) is 4.94. The van der Waals surface area contributed by atoms with Gasteiger partial charge in [-0.25, -0.2) is 13.4 Å². The summed E-state index contributed by atoms with van der Waals surface area (Å²) in [6.45, 7) is 2.39. The van der Waals surface area contributed by atoms with Gasteiger partial charge in [-0.15, -0.1) is 11.3 Å². The molecule has 3 heterocycles. The first-order valence-corrected chi connectivity index (χ1v) is 10.9. The molecule has 4 rings (SSSR count). The molecule has 7 nitrogen and oxygen atoms in total. The molecule has 2 aromatic heterocycles. The number of thiazole rings is 1. The van der Waals surface area contributed by atoms with E-state index in [-0.39, 0.29) is 11.7 Å². The van der Waals surface area contributed by atoms with Crippen molar-refractivity contribution >= 4 is 38.1 Å². The Hall–Kier alpha value is -2.65. The van der Waals surface area contributed by atoms with Gasteiger partial charge in [0.2, 0.25) is 10.0 Å². The summed E-state index contributed by atoms with van der Waals surface area (Å²) in [5.74, 6) is -0.124. The Bertz CT molecular complexity index is 1120. The second kappa shape index (κ2) is 6.50. The molecule has 0 aliphatic carbocycles. The molecule has 3 aromatic rings. The van der Waals surface area contributed by atoms with Crippen molar-refractivity contribution in [3.63, 3.8) is 0 Å². The number of carbonyl (C=O) groups excluding carboxylic acids is 1. The van der Waals surface area contributed by atoms with Crippen LogP contribution in [0.2, 0.25) is 0 Å². The van der Waals surface area contributed by atoms with E-state index in [1.165, 1.54) is 28.2 Å². The van der Waals surface area contributed by atoms with Crippen LogP contribution in [0.15, 0.2) is 41.0 Å². The average Bonchev–Trinajstić information content (AvgIpc) is 3.32. The third-order valence-corrected chi connectivity index (χ3v) is 6.43. The molecule has 0 saturated carbocycles. The fraction of sp³-hybridized carbons (Fsp3) is 0.222. The maximum atomic E-state index is 12.1. The van der Waals surface area contributed by atoms with Crippen LogP contribution < -0.4 is 9.62 Å². The van der Waals surface area contributed by atoms with Crippen LogP contribution in [0.3, 0.4) is 0 Å². The molecule has 1 aliphatic heterocycles. The van der Waals surface area contributed by atoms with Crippen molar-refractivity contribution in [3.8, 4) is 11.3 Å². The van der Waals surface area contributed by atoms with E-state index in [0.29, 0.717) is 18.1 Å². The molecule has 0 fully saturated rings. The van der Waals surface area contributed by atoms with E-state index in [9.17, 15) is 13.2 Å². The van der Waals surface area contributed by atoms with Crippen molar-refractivity contribution < 1.29 is 17.6 Å². The van der Waals surface area contributed by atoms with E-state index in [4.69, 9.17) is 4.42 Å². The second-order valence-corrected chi connectivity index (χ2v) is 9.39. The van der Waals surface area contributed by atoms with Gasteiger partial charge in [-0.3, -0.25) is 14.4 Å². The molecule has 140 valence electrons. The number of aromatic nitrogens is 1. The molecule has 0 unspecified atom stereocenters. The van der Waals surface area contributed by atoms with Crippen LogP contribution in [-0.2, 0) is 16.4 Å². The quantitative estimate of drug-likeness (QED) is 0.722. The minimum atomic E-state index is -3.27. The number of sulfonamides is 1. The molecule has 0 bridgehead atoms. The van der Waals surface area contributed by atoms with E-state index >= 15 is 0 Å². The van der Waals surface area contributed by atoms with Crippen LogP contribution in [0, 0.1) is 6.92 Å². The summed E-state index contributed by atoms with van der Waals surface area (Å²) in [7, 11) is -3.27. The number of hydrogen-bond acceptors (Lipinski definition) is 6. The summed E-state index contributed by atoms with van der Waals surface area (Å²) in [6.07, 6.45) is 3.33. The Kier molecular flexibility index (Phi) is 4.27. The van der Waals surface area contributed by atoms with Crippen molar-refractivity contribution in [2.45, 2.75) is 13.3 Å². The molecule has 1 amide bonds. The van der Waals surface area contributed by atoms with Gasteiger partial charge in [0.15, 0.2) is 10.9 Å². The van der Waals surface area contributed by atoms with Crippen molar-refractivity contribution in [2.24, 2.45) is 0 Å². The van der Waals surface area contributed by atoms with Gasteiger partial charge >= 0.3 is 0 Å². The number of hydrogen-bond donors (Lipinski definition) is 1. The van der Waals surface area contributed by atoms with Crippen LogP contribution >= 0.6 is 11.3 Å². The first-order chi connectivity index (χ1) is 12.8. The Balaban J connectivity index is 1.62. The predicted octanol–water partition coefficient (Wildman–Crippen LogP) is 3.29. The highest BCUT2D eigenvalue weighted by molar-refractivity contribution is 7.92. The maximum absolute atomic E-state index is 12.1. The number of carbonyl (C=O) groups is 1. The maximum Gasteiger partial charge on any atom is 0.293 e. The molecular weight excluding hydrogens is 386 g/mol. The zero-order valence-electron chi connectivity index (χ0n) is 14.7. The number of furan rings is 1. The van der Waals surface area contributed by atoms with Gasteiger partial charge in [0.1, 0.15) is 0 Å². The van der Waals surface area contributed by atoms with Gasteiger partial charge in [0.25, 0.3) is 5.91 Å². The fourth-order valence-electron chi connectivity index (χ4n) is 3.15. The summed E-state index contributed by atoms with van der Waals surface area (Å²) < 4.78 is 30.3. The zero-order chi connectivity index (χ0) is 19.2. The normalized spacial score (nSPS) is 13.6. The molecule has 0 spiro atoms. The average molecular weight is 403 g/mol. The number of rotatable bonds is 4. The van der Waals surface area contributed by atoms with Crippen molar-refractivity contribution in [2.75, 3.05) is 22.4 Å². The largest absolute Gasteiger partial charge is 0.459 e. The molecule has 0 saturated heterocycles. The molecule has 0 radical (unpaired) electrons. The van der Waals surface area contributed by atoms with E-state index in [1.54, 1.807) is 12.1 Å². The minimum absolute atomic E-state index is 0.225. The highest BCUT2D eigenvalue weighted by atomic mass is 32.2. The van der Waals surface area contributed by atoms with Crippen LogP contribution in [0.4, 0.5) is 10.8 Å². The number of amides is 1. The number of benzene rings is 1. The Labute approximate surface area is 160 Å². The molecule has 1 aromatic carbocycles. The SMILES string of the molecule is Cc1sc(NC(=O)c2ccco2)nc1-c1ccc2c(c1)CCN2S(C)(=O)=O. The third kappa shape index (κ3) is 3.35. The van der Waals surface area contributed by atoms with Crippen molar-refractivity contribution in [1.29, 1.82) is 0 Å². The predicted molar refractivity (Wildman–Crippen MR) is 105 cm³/mol.